The highest BCUT2D eigenvalue weighted by atomic mass is 35.5. The number of hydrogen-bond donors (Lipinski definition) is 2. The van der Waals surface area contributed by atoms with Gasteiger partial charge in [-0.05, 0) is 42.8 Å². The first-order valence-electron chi connectivity index (χ1n) is 5.81. The molecule has 1 unspecified atom stereocenters. The molecule has 3 N–H and O–H groups in total. The van der Waals surface area contributed by atoms with Crippen molar-refractivity contribution in [1.82, 2.24) is 14.8 Å². The first kappa shape index (κ1) is 14.2. The van der Waals surface area contributed by atoms with E-state index in [1.165, 1.54) is 16.3 Å². The van der Waals surface area contributed by atoms with Crippen LogP contribution in [0, 0.1) is 0 Å². The predicted octanol–water partition coefficient (Wildman–Crippen LogP) is 1.80. The summed E-state index contributed by atoms with van der Waals surface area (Å²) in [5.74, 6) is 0. The topological polar surface area (TPSA) is 76.7 Å². The van der Waals surface area contributed by atoms with Crippen LogP contribution in [0.5, 0.6) is 0 Å². The predicted molar refractivity (Wildman–Crippen MR) is 76.8 cm³/mol. The van der Waals surface area contributed by atoms with E-state index in [2.05, 4.69) is 10.2 Å². The van der Waals surface area contributed by atoms with Gasteiger partial charge in [-0.2, -0.15) is 0 Å². The van der Waals surface area contributed by atoms with Crippen molar-refractivity contribution in [3.05, 3.63) is 39.3 Å². The summed E-state index contributed by atoms with van der Waals surface area (Å²) in [5, 5.41) is 7.66. The molecule has 2 rings (SSSR count). The van der Waals surface area contributed by atoms with Crippen LogP contribution in [-0.4, -0.2) is 20.8 Å². The van der Waals surface area contributed by atoms with E-state index in [0.29, 0.717) is 16.6 Å². The van der Waals surface area contributed by atoms with Gasteiger partial charge in [-0.15, -0.1) is 5.10 Å². The third-order valence-electron chi connectivity index (χ3n) is 2.64. The van der Waals surface area contributed by atoms with E-state index < -0.39 is 0 Å². The Kier molecular flexibility index (Phi) is 4.34. The Bertz CT molecular complexity index is 635. The highest BCUT2D eigenvalue weighted by molar-refractivity contribution is 7.99. The highest BCUT2D eigenvalue weighted by Gasteiger charge is 2.13. The Balaban J connectivity index is 2.37. The van der Waals surface area contributed by atoms with Crippen LogP contribution in [0.3, 0.4) is 0 Å². The molecule has 2 aromatic rings. The molecule has 5 nitrogen and oxygen atoms in total. The number of aromatic amines is 1. The fourth-order valence-corrected chi connectivity index (χ4v) is 2.96. The molecule has 19 heavy (non-hydrogen) atoms. The largest absolute Gasteiger partial charge is 0.343 e. The standard InChI is InChI=1S/C12H15ClN4OS/c1-7(14)6-8-9(13)4-3-5-10(8)19-12-16-15-11(18)17(12)2/h3-5,7H,6,14H2,1-2H3,(H,15,18). The van der Waals surface area contributed by atoms with Crippen LogP contribution >= 0.6 is 23.4 Å². The van der Waals surface area contributed by atoms with Crippen LogP contribution in [0.4, 0.5) is 0 Å². The van der Waals surface area contributed by atoms with Gasteiger partial charge in [-0.25, -0.2) is 9.89 Å². The second kappa shape index (κ2) is 5.81. The average molecular weight is 299 g/mol. The van der Waals surface area contributed by atoms with Crippen LogP contribution in [-0.2, 0) is 13.5 Å². The average Bonchev–Trinajstić information content (AvgIpc) is 2.65. The second-order valence-corrected chi connectivity index (χ2v) is 5.79. The van der Waals surface area contributed by atoms with Crippen molar-refractivity contribution in [3.8, 4) is 0 Å². The zero-order chi connectivity index (χ0) is 14.0. The maximum Gasteiger partial charge on any atom is 0.343 e. The minimum absolute atomic E-state index is 0.0160. The Labute approximate surface area is 120 Å². The summed E-state index contributed by atoms with van der Waals surface area (Å²) in [5.41, 5.74) is 6.59. The Morgan fingerprint density at radius 3 is 2.89 bits per heavy atom. The lowest BCUT2D eigenvalue weighted by Gasteiger charge is -2.12. The van der Waals surface area contributed by atoms with Crippen LogP contribution in [0.2, 0.25) is 5.02 Å². The van der Waals surface area contributed by atoms with Crippen molar-refractivity contribution in [2.45, 2.75) is 29.4 Å². The molecule has 1 heterocycles. The van der Waals surface area contributed by atoms with Crippen molar-refractivity contribution in [2.24, 2.45) is 12.8 Å². The van der Waals surface area contributed by atoms with Crippen molar-refractivity contribution in [1.29, 1.82) is 0 Å². The van der Waals surface area contributed by atoms with Crippen molar-refractivity contribution >= 4 is 23.4 Å². The summed E-state index contributed by atoms with van der Waals surface area (Å²) in [7, 11) is 1.67. The van der Waals surface area contributed by atoms with E-state index in [4.69, 9.17) is 17.3 Å². The molecule has 0 spiro atoms. The van der Waals surface area contributed by atoms with Crippen LogP contribution in [0.1, 0.15) is 12.5 Å². The van der Waals surface area contributed by atoms with Gasteiger partial charge in [0.05, 0.1) is 0 Å². The summed E-state index contributed by atoms with van der Waals surface area (Å²) in [6, 6.07) is 5.68. The molecule has 0 radical (unpaired) electrons. The van der Waals surface area contributed by atoms with Gasteiger partial charge in [0.15, 0.2) is 5.16 Å². The van der Waals surface area contributed by atoms with E-state index in [0.717, 1.165) is 10.5 Å². The van der Waals surface area contributed by atoms with Gasteiger partial charge in [0.1, 0.15) is 0 Å². The molecule has 0 bridgehead atoms. The number of rotatable bonds is 4. The summed E-state index contributed by atoms with van der Waals surface area (Å²) in [6.45, 7) is 1.93. The number of aromatic nitrogens is 3. The molecule has 0 aliphatic heterocycles. The van der Waals surface area contributed by atoms with Gasteiger partial charge in [0.25, 0.3) is 0 Å². The molecule has 0 aliphatic rings. The number of nitrogens with one attached hydrogen (secondary N) is 1. The van der Waals surface area contributed by atoms with E-state index in [1.54, 1.807) is 7.05 Å². The smallest absolute Gasteiger partial charge is 0.328 e. The molecule has 1 aromatic carbocycles. The molecular weight excluding hydrogens is 284 g/mol. The monoisotopic (exact) mass is 298 g/mol. The first-order chi connectivity index (χ1) is 8.99. The molecule has 0 saturated carbocycles. The van der Waals surface area contributed by atoms with Crippen LogP contribution in [0.15, 0.2) is 33.0 Å². The number of benzene rings is 1. The van der Waals surface area contributed by atoms with Gasteiger partial charge >= 0.3 is 5.69 Å². The second-order valence-electron chi connectivity index (χ2n) is 4.37. The maximum atomic E-state index is 11.3. The molecular formula is C12H15ClN4OS. The van der Waals surface area contributed by atoms with Crippen molar-refractivity contribution < 1.29 is 0 Å². The van der Waals surface area contributed by atoms with Gasteiger partial charge < -0.3 is 5.73 Å². The molecule has 0 fully saturated rings. The summed E-state index contributed by atoms with van der Waals surface area (Å²) >= 11 is 7.62. The van der Waals surface area contributed by atoms with E-state index >= 15 is 0 Å². The van der Waals surface area contributed by atoms with Crippen molar-refractivity contribution in [3.63, 3.8) is 0 Å². The van der Waals surface area contributed by atoms with Crippen LogP contribution < -0.4 is 11.4 Å². The molecule has 7 heteroatoms. The minimum atomic E-state index is -0.238. The summed E-state index contributed by atoms with van der Waals surface area (Å²) < 4.78 is 1.46. The Hall–Kier alpha value is -1.24. The van der Waals surface area contributed by atoms with Gasteiger partial charge in [0.2, 0.25) is 0 Å². The number of halogens is 1. The SMILES string of the molecule is CC(N)Cc1c(Cl)cccc1Sc1n[nH]c(=O)n1C. The number of nitrogens with zero attached hydrogens (tertiary/aromatic N) is 2. The first-order valence-corrected chi connectivity index (χ1v) is 7.00. The van der Waals surface area contributed by atoms with E-state index in [9.17, 15) is 4.79 Å². The van der Waals surface area contributed by atoms with Crippen molar-refractivity contribution in [2.75, 3.05) is 0 Å². The molecule has 1 aromatic heterocycles. The lowest BCUT2D eigenvalue weighted by molar-refractivity contribution is 0.728. The number of H-pyrrole nitrogens is 1. The number of hydrogen-bond acceptors (Lipinski definition) is 4. The van der Waals surface area contributed by atoms with Crippen LogP contribution in [0.25, 0.3) is 0 Å². The minimum Gasteiger partial charge on any atom is -0.328 e. The lowest BCUT2D eigenvalue weighted by Crippen LogP contribution is -2.18. The summed E-state index contributed by atoms with van der Waals surface area (Å²) in [4.78, 5) is 12.3. The molecule has 102 valence electrons. The molecule has 1 atom stereocenters. The Morgan fingerprint density at radius 1 is 1.58 bits per heavy atom. The number of nitrogens with two attached hydrogens (primary N) is 1. The summed E-state index contributed by atoms with van der Waals surface area (Å²) in [6.07, 6.45) is 0.681. The van der Waals surface area contributed by atoms with Gasteiger partial charge in [0, 0.05) is 23.0 Å². The quantitative estimate of drug-likeness (QED) is 0.902. The maximum absolute atomic E-state index is 11.3. The fraction of sp³-hybridized carbons (Fsp3) is 0.333. The third-order valence-corrected chi connectivity index (χ3v) is 4.15. The molecule has 0 saturated heterocycles. The zero-order valence-electron chi connectivity index (χ0n) is 10.7. The third kappa shape index (κ3) is 3.20. The van der Waals surface area contributed by atoms with Gasteiger partial charge in [-0.1, -0.05) is 17.7 Å². The highest BCUT2D eigenvalue weighted by Crippen LogP contribution is 2.32. The van der Waals surface area contributed by atoms with Gasteiger partial charge in [-0.3, -0.25) is 4.57 Å². The fourth-order valence-electron chi connectivity index (χ4n) is 1.68. The Morgan fingerprint density at radius 2 is 2.32 bits per heavy atom. The lowest BCUT2D eigenvalue weighted by atomic mass is 10.1. The van der Waals surface area contributed by atoms with E-state index in [1.807, 2.05) is 25.1 Å². The normalized spacial score (nSPS) is 12.6. The molecule has 0 aliphatic carbocycles. The van der Waals surface area contributed by atoms with E-state index in [-0.39, 0.29) is 11.7 Å². The molecule has 0 amide bonds. The zero-order valence-corrected chi connectivity index (χ0v) is 12.3.